The molecule has 0 amide bonds. The SMILES string of the molecule is COc1cc(OC)c(F)c(Nc2ncncc2-c2cc(N)ncn2)c1F. The number of benzene rings is 1. The molecule has 0 aliphatic rings. The number of nitrogens with one attached hydrogen (secondary N) is 1. The second-order valence-corrected chi connectivity index (χ2v) is 5.02. The van der Waals surface area contributed by atoms with Gasteiger partial charge in [-0.3, -0.25) is 0 Å². The summed E-state index contributed by atoms with van der Waals surface area (Å²) in [5.74, 6) is -1.90. The van der Waals surface area contributed by atoms with Crippen molar-refractivity contribution in [1.29, 1.82) is 0 Å². The van der Waals surface area contributed by atoms with Crippen molar-refractivity contribution in [3.05, 3.63) is 42.6 Å². The Morgan fingerprint density at radius 3 is 2.27 bits per heavy atom. The lowest BCUT2D eigenvalue weighted by Crippen LogP contribution is -2.05. The molecule has 134 valence electrons. The Balaban J connectivity index is 2.11. The van der Waals surface area contributed by atoms with Gasteiger partial charge < -0.3 is 20.5 Å². The molecule has 2 heterocycles. The molecule has 2 aromatic heterocycles. The van der Waals surface area contributed by atoms with Crippen molar-refractivity contribution < 1.29 is 18.3 Å². The van der Waals surface area contributed by atoms with E-state index in [1.807, 2.05) is 0 Å². The highest BCUT2D eigenvalue weighted by atomic mass is 19.1. The second-order valence-electron chi connectivity index (χ2n) is 5.02. The summed E-state index contributed by atoms with van der Waals surface area (Å²) >= 11 is 0. The second kappa shape index (κ2) is 7.13. The molecule has 0 aliphatic carbocycles. The number of nitrogen functional groups attached to an aromatic ring is 1. The Morgan fingerprint density at radius 1 is 0.962 bits per heavy atom. The molecule has 1 aromatic carbocycles. The van der Waals surface area contributed by atoms with Gasteiger partial charge in [-0.1, -0.05) is 0 Å². The van der Waals surface area contributed by atoms with Crippen molar-refractivity contribution in [2.75, 3.05) is 25.3 Å². The first-order valence-corrected chi connectivity index (χ1v) is 7.30. The van der Waals surface area contributed by atoms with Gasteiger partial charge in [0, 0.05) is 18.3 Å². The summed E-state index contributed by atoms with van der Waals surface area (Å²) in [7, 11) is 2.53. The normalized spacial score (nSPS) is 10.5. The van der Waals surface area contributed by atoms with E-state index in [-0.39, 0.29) is 23.1 Å². The number of aromatic nitrogens is 4. The van der Waals surface area contributed by atoms with Crippen LogP contribution in [-0.4, -0.2) is 34.2 Å². The first-order valence-electron chi connectivity index (χ1n) is 7.30. The molecule has 26 heavy (non-hydrogen) atoms. The average molecular weight is 360 g/mol. The van der Waals surface area contributed by atoms with Crippen LogP contribution in [0.5, 0.6) is 11.5 Å². The average Bonchev–Trinajstić information content (AvgIpc) is 2.66. The highest BCUT2D eigenvalue weighted by Gasteiger charge is 2.22. The molecule has 0 spiro atoms. The number of nitrogens with two attached hydrogens (primary N) is 1. The van der Waals surface area contributed by atoms with Gasteiger partial charge in [0.2, 0.25) is 0 Å². The largest absolute Gasteiger partial charge is 0.493 e. The van der Waals surface area contributed by atoms with Crippen molar-refractivity contribution in [2.24, 2.45) is 0 Å². The van der Waals surface area contributed by atoms with Crippen molar-refractivity contribution in [3.8, 4) is 22.8 Å². The van der Waals surface area contributed by atoms with Crippen LogP contribution in [0.1, 0.15) is 0 Å². The monoisotopic (exact) mass is 360 g/mol. The highest BCUT2D eigenvalue weighted by molar-refractivity contribution is 5.77. The fraction of sp³-hybridized carbons (Fsp3) is 0.125. The maximum Gasteiger partial charge on any atom is 0.191 e. The number of rotatable bonds is 5. The summed E-state index contributed by atoms with van der Waals surface area (Å²) in [5.41, 5.74) is 5.94. The van der Waals surface area contributed by atoms with E-state index in [9.17, 15) is 8.78 Å². The predicted octanol–water partition coefficient (Wildman–Crippen LogP) is 2.55. The van der Waals surface area contributed by atoms with Crippen molar-refractivity contribution in [3.63, 3.8) is 0 Å². The van der Waals surface area contributed by atoms with Crippen LogP contribution in [0.25, 0.3) is 11.3 Å². The fourth-order valence-electron chi connectivity index (χ4n) is 2.25. The maximum atomic E-state index is 14.6. The number of ether oxygens (including phenoxy) is 2. The predicted molar refractivity (Wildman–Crippen MR) is 90.2 cm³/mol. The molecular formula is C16H14F2N6O2. The van der Waals surface area contributed by atoms with Crippen molar-refractivity contribution in [2.45, 2.75) is 0 Å². The van der Waals surface area contributed by atoms with Crippen LogP contribution in [0.15, 0.2) is 31.0 Å². The molecule has 0 saturated carbocycles. The smallest absolute Gasteiger partial charge is 0.191 e. The van der Waals surface area contributed by atoms with Crippen LogP contribution >= 0.6 is 0 Å². The van der Waals surface area contributed by atoms with E-state index in [4.69, 9.17) is 15.2 Å². The topological polar surface area (TPSA) is 108 Å². The van der Waals surface area contributed by atoms with Gasteiger partial charge in [-0.05, 0) is 0 Å². The third kappa shape index (κ3) is 3.16. The number of hydrogen-bond acceptors (Lipinski definition) is 8. The van der Waals surface area contributed by atoms with Gasteiger partial charge in [0.1, 0.15) is 30.0 Å². The molecule has 0 unspecified atom stereocenters. The zero-order valence-corrected chi connectivity index (χ0v) is 13.8. The Morgan fingerprint density at radius 2 is 1.65 bits per heavy atom. The van der Waals surface area contributed by atoms with E-state index in [0.717, 1.165) is 6.07 Å². The zero-order valence-electron chi connectivity index (χ0n) is 13.8. The minimum atomic E-state index is -0.933. The summed E-state index contributed by atoms with van der Waals surface area (Å²) in [6.07, 6.45) is 3.92. The van der Waals surface area contributed by atoms with E-state index in [1.54, 1.807) is 0 Å². The lowest BCUT2D eigenvalue weighted by atomic mass is 10.2. The van der Waals surface area contributed by atoms with Gasteiger partial charge >= 0.3 is 0 Å². The van der Waals surface area contributed by atoms with Crippen molar-refractivity contribution >= 4 is 17.3 Å². The minimum Gasteiger partial charge on any atom is -0.493 e. The van der Waals surface area contributed by atoms with Gasteiger partial charge in [-0.15, -0.1) is 0 Å². The van der Waals surface area contributed by atoms with Gasteiger partial charge in [-0.2, -0.15) is 0 Å². The number of methoxy groups -OCH3 is 2. The fourth-order valence-corrected chi connectivity index (χ4v) is 2.25. The molecule has 0 saturated heterocycles. The van der Waals surface area contributed by atoms with Gasteiger partial charge in [0.15, 0.2) is 23.1 Å². The Labute approximate surface area is 147 Å². The Hall–Kier alpha value is -3.56. The number of anilines is 3. The lowest BCUT2D eigenvalue weighted by Gasteiger charge is -2.15. The molecule has 10 heteroatoms. The zero-order chi connectivity index (χ0) is 18.7. The van der Waals surface area contributed by atoms with E-state index in [0.29, 0.717) is 11.3 Å². The summed E-state index contributed by atoms with van der Waals surface area (Å²) in [4.78, 5) is 15.8. The minimum absolute atomic E-state index is 0.117. The molecule has 3 N–H and O–H groups in total. The molecular weight excluding hydrogens is 346 g/mol. The summed E-state index contributed by atoms with van der Waals surface area (Å²) < 4.78 is 39.0. The first-order chi connectivity index (χ1) is 12.5. The van der Waals surface area contributed by atoms with E-state index in [2.05, 4.69) is 25.3 Å². The standard InChI is InChI=1S/C16H14F2N6O2/c1-25-10-4-11(26-2)14(18)15(13(10)17)24-16-8(5-20-6-23-16)9-3-12(19)22-7-21-9/h3-7H,1-2H3,(H2,19,21,22)(H,20,23,24). The maximum absolute atomic E-state index is 14.6. The van der Waals surface area contributed by atoms with Crippen LogP contribution in [0, 0.1) is 11.6 Å². The molecule has 0 fully saturated rings. The third-order valence-electron chi connectivity index (χ3n) is 3.49. The van der Waals surface area contributed by atoms with E-state index < -0.39 is 17.3 Å². The molecule has 0 bridgehead atoms. The molecule has 3 rings (SSSR count). The molecule has 0 aliphatic heterocycles. The summed E-state index contributed by atoms with van der Waals surface area (Å²) in [6.45, 7) is 0. The van der Waals surface area contributed by atoms with Gasteiger partial charge in [0.25, 0.3) is 0 Å². The third-order valence-corrected chi connectivity index (χ3v) is 3.49. The van der Waals surface area contributed by atoms with E-state index >= 15 is 0 Å². The molecule has 3 aromatic rings. The van der Waals surface area contributed by atoms with Crippen LogP contribution < -0.4 is 20.5 Å². The Kier molecular flexibility index (Phi) is 4.74. The molecule has 0 atom stereocenters. The molecule has 8 nitrogen and oxygen atoms in total. The highest BCUT2D eigenvalue weighted by Crippen LogP contribution is 2.37. The van der Waals surface area contributed by atoms with Crippen LogP contribution in [0.4, 0.5) is 26.1 Å². The van der Waals surface area contributed by atoms with Crippen LogP contribution in [0.2, 0.25) is 0 Å². The van der Waals surface area contributed by atoms with Crippen molar-refractivity contribution in [1.82, 2.24) is 19.9 Å². The molecule has 0 radical (unpaired) electrons. The van der Waals surface area contributed by atoms with E-state index in [1.165, 1.54) is 39.1 Å². The van der Waals surface area contributed by atoms with Gasteiger partial charge in [-0.25, -0.2) is 28.7 Å². The lowest BCUT2D eigenvalue weighted by molar-refractivity contribution is 0.360. The van der Waals surface area contributed by atoms with Crippen LogP contribution in [0.3, 0.4) is 0 Å². The summed E-state index contributed by atoms with van der Waals surface area (Å²) in [6, 6.07) is 2.60. The number of hydrogen-bond donors (Lipinski definition) is 2. The summed E-state index contributed by atoms with van der Waals surface area (Å²) in [5, 5.41) is 2.61. The van der Waals surface area contributed by atoms with Gasteiger partial charge in [0.05, 0.1) is 25.5 Å². The Bertz CT molecular complexity index is 926. The number of nitrogens with zero attached hydrogens (tertiary/aromatic N) is 4. The number of halogens is 2. The first kappa shape index (κ1) is 17.3. The van der Waals surface area contributed by atoms with Crippen LogP contribution in [-0.2, 0) is 0 Å². The quantitative estimate of drug-likeness (QED) is 0.715.